The number of carbonyl (C=O) groups is 4. The summed E-state index contributed by atoms with van der Waals surface area (Å²) in [6.07, 6.45) is 4.47. The number of aromatic carboxylic acids is 2. The Kier molecular flexibility index (Phi) is 14.4. The second-order valence-corrected chi connectivity index (χ2v) is 10.8. The van der Waals surface area contributed by atoms with Crippen molar-refractivity contribution in [1.82, 2.24) is 0 Å². The van der Waals surface area contributed by atoms with Crippen molar-refractivity contribution in [3.63, 3.8) is 0 Å². The average Bonchev–Trinajstić information content (AvgIpc) is 3.07. The molecule has 0 bridgehead atoms. The van der Waals surface area contributed by atoms with Gasteiger partial charge in [0, 0.05) is 28.8 Å². The molecule has 0 heterocycles. The third-order valence-electron chi connectivity index (χ3n) is 7.57. The molecule has 0 aliphatic rings. The summed E-state index contributed by atoms with van der Waals surface area (Å²) in [6.45, 7) is 13.3. The van der Waals surface area contributed by atoms with Crippen molar-refractivity contribution in [2.45, 2.75) is 46.5 Å². The number of unbranched alkanes of at least 4 members (excludes halogenated alkanes) is 2. The average molecular weight is 675 g/mol. The van der Waals surface area contributed by atoms with Crippen LogP contribution in [0.25, 0.3) is 22.3 Å². The normalized spacial score (nSPS) is 10.5. The minimum atomic E-state index is -1.09. The van der Waals surface area contributed by atoms with Gasteiger partial charge in [-0.3, -0.25) is 0 Å². The fourth-order valence-corrected chi connectivity index (χ4v) is 5.17. The van der Waals surface area contributed by atoms with Crippen LogP contribution in [0.15, 0.2) is 67.8 Å². The zero-order valence-corrected chi connectivity index (χ0v) is 28.0. The lowest BCUT2D eigenvalue weighted by Gasteiger charge is -2.21. The number of carboxylic acid groups (broad SMARTS) is 2. The third-order valence-corrected chi connectivity index (χ3v) is 7.57. The van der Waals surface area contributed by atoms with Gasteiger partial charge in [-0.2, -0.15) is 0 Å². The number of rotatable bonds is 20. The number of esters is 2. The largest absolute Gasteiger partial charge is 0.493 e. The van der Waals surface area contributed by atoms with E-state index in [9.17, 15) is 29.4 Å². The monoisotopic (exact) mass is 674 g/mol. The molecule has 11 nitrogen and oxygen atoms in total. The molecule has 0 spiro atoms. The van der Waals surface area contributed by atoms with Gasteiger partial charge < -0.3 is 33.9 Å². The van der Waals surface area contributed by atoms with Crippen LogP contribution in [0.1, 0.15) is 64.4 Å². The molecule has 260 valence electrons. The zero-order valence-electron chi connectivity index (χ0n) is 28.0. The lowest BCUT2D eigenvalue weighted by molar-refractivity contribution is -0.138. The molecule has 0 unspecified atom stereocenters. The number of hydrogen-bond donors (Lipinski definition) is 2. The van der Waals surface area contributed by atoms with E-state index in [0.29, 0.717) is 89.5 Å². The van der Waals surface area contributed by atoms with Gasteiger partial charge in [-0.25, -0.2) is 19.2 Å². The van der Waals surface area contributed by atoms with E-state index in [4.69, 9.17) is 23.7 Å². The third kappa shape index (κ3) is 10.2. The van der Waals surface area contributed by atoms with Gasteiger partial charge in [0.05, 0.1) is 44.2 Å². The van der Waals surface area contributed by atoms with Crippen molar-refractivity contribution in [3.8, 4) is 39.5 Å². The quantitative estimate of drug-likeness (QED) is 0.0710. The van der Waals surface area contributed by atoms with Crippen LogP contribution in [-0.4, -0.2) is 67.1 Å². The van der Waals surface area contributed by atoms with E-state index in [2.05, 4.69) is 13.2 Å². The first-order valence-corrected chi connectivity index (χ1v) is 15.9. The highest BCUT2D eigenvalue weighted by molar-refractivity contribution is 5.96. The standard InChI is InChI=1S/C38H42O11/c1-6-33(39)48-21-11-9-19-46-30-17-15-27(37(41)42)24(4)35(30)26-13-14-29(32(23-26)45-8-3)36-25(5)28(38(43)44)16-18-31(36)47-20-10-12-22-49-34(40)7-2/h6-7,13-18,23H,1-2,8-12,19-22H2,3-5H3,(H,41,42)(H,43,44). The minimum absolute atomic E-state index is 0.102. The van der Waals surface area contributed by atoms with Gasteiger partial charge in [-0.15, -0.1) is 0 Å². The number of ether oxygens (including phenoxy) is 5. The Morgan fingerprint density at radius 2 is 1.10 bits per heavy atom. The minimum Gasteiger partial charge on any atom is -0.493 e. The summed E-state index contributed by atoms with van der Waals surface area (Å²) in [4.78, 5) is 46.8. The second kappa shape index (κ2) is 18.7. The number of carboxylic acids is 2. The maximum Gasteiger partial charge on any atom is 0.335 e. The molecular formula is C38H42O11. The fraction of sp³-hybridized carbons (Fsp3) is 0.316. The zero-order chi connectivity index (χ0) is 35.9. The molecule has 0 saturated heterocycles. The Balaban J connectivity index is 2.01. The first-order chi connectivity index (χ1) is 23.5. The molecule has 2 N–H and O–H groups in total. The Labute approximate surface area is 285 Å². The van der Waals surface area contributed by atoms with Crippen molar-refractivity contribution in [3.05, 3.63) is 90.0 Å². The molecule has 3 rings (SSSR count). The van der Waals surface area contributed by atoms with Gasteiger partial charge in [0.2, 0.25) is 0 Å². The Hall–Kier alpha value is -5.58. The van der Waals surface area contributed by atoms with Crippen LogP contribution in [0.4, 0.5) is 0 Å². The molecule has 0 aliphatic heterocycles. The summed E-state index contributed by atoms with van der Waals surface area (Å²) < 4.78 is 28.4. The van der Waals surface area contributed by atoms with E-state index in [1.165, 1.54) is 12.1 Å². The molecule has 0 amide bonds. The van der Waals surface area contributed by atoms with E-state index < -0.39 is 23.9 Å². The SMILES string of the molecule is C=CC(=O)OCCCCOc1ccc(C(=O)O)c(C)c1-c1ccc(-c2c(OCCCCOC(=O)C=C)ccc(C(=O)O)c2C)c(OCC)c1. The molecule has 0 aliphatic carbocycles. The Morgan fingerprint density at radius 1 is 0.633 bits per heavy atom. The van der Waals surface area contributed by atoms with Crippen molar-refractivity contribution < 1.29 is 53.1 Å². The lowest BCUT2D eigenvalue weighted by atomic mass is 9.90. The Bertz CT molecular complexity index is 1690. The first-order valence-electron chi connectivity index (χ1n) is 15.9. The predicted molar refractivity (Wildman–Crippen MR) is 184 cm³/mol. The van der Waals surface area contributed by atoms with E-state index in [1.54, 1.807) is 44.2 Å². The molecule has 0 fully saturated rings. The maximum atomic E-state index is 12.1. The highest BCUT2D eigenvalue weighted by atomic mass is 16.5. The number of carbonyl (C=O) groups excluding carboxylic acids is 2. The van der Waals surface area contributed by atoms with E-state index in [-0.39, 0.29) is 30.9 Å². The molecule has 49 heavy (non-hydrogen) atoms. The summed E-state index contributed by atoms with van der Waals surface area (Å²) in [7, 11) is 0. The molecule has 3 aromatic rings. The van der Waals surface area contributed by atoms with Gasteiger partial charge in [-0.05, 0) is 99.5 Å². The van der Waals surface area contributed by atoms with Crippen molar-refractivity contribution >= 4 is 23.9 Å². The highest BCUT2D eigenvalue weighted by Gasteiger charge is 2.23. The molecule has 0 atom stereocenters. The van der Waals surface area contributed by atoms with Crippen LogP contribution in [-0.2, 0) is 19.1 Å². The van der Waals surface area contributed by atoms with Gasteiger partial charge in [0.1, 0.15) is 17.2 Å². The summed E-state index contributed by atoms with van der Waals surface area (Å²) in [5.74, 6) is -1.82. The van der Waals surface area contributed by atoms with Crippen LogP contribution in [0.2, 0.25) is 0 Å². The van der Waals surface area contributed by atoms with E-state index >= 15 is 0 Å². The van der Waals surface area contributed by atoms with E-state index in [1.807, 2.05) is 6.92 Å². The molecule has 0 aromatic heterocycles. The number of benzene rings is 3. The van der Waals surface area contributed by atoms with Crippen molar-refractivity contribution in [1.29, 1.82) is 0 Å². The van der Waals surface area contributed by atoms with Crippen molar-refractivity contribution in [2.75, 3.05) is 33.0 Å². The maximum absolute atomic E-state index is 12.1. The van der Waals surface area contributed by atoms with Crippen LogP contribution < -0.4 is 14.2 Å². The molecule has 11 heteroatoms. The van der Waals surface area contributed by atoms with E-state index in [0.717, 1.165) is 12.2 Å². The second-order valence-electron chi connectivity index (χ2n) is 10.8. The lowest BCUT2D eigenvalue weighted by Crippen LogP contribution is -2.08. The molecule has 3 aromatic carbocycles. The molecule has 0 radical (unpaired) electrons. The van der Waals surface area contributed by atoms with Gasteiger partial charge >= 0.3 is 23.9 Å². The summed E-state index contributed by atoms with van der Waals surface area (Å²) in [5.41, 5.74) is 3.51. The van der Waals surface area contributed by atoms with Crippen LogP contribution in [0.3, 0.4) is 0 Å². The van der Waals surface area contributed by atoms with Crippen molar-refractivity contribution in [2.24, 2.45) is 0 Å². The van der Waals surface area contributed by atoms with Crippen LogP contribution in [0.5, 0.6) is 17.2 Å². The van der Waals surface area contributed by atoms with Gasteiger partial charge in [-0.1, -0.05) is 19.2 Å². The van der Waals surface area contributed by atoms with Gasteiger partial charge in [0.25, 0.3) is 0 Å². The predicted octanol–water partition coefficient (Wildman–Crippen LogP) is 7.21. The Morgan fingerprint density at radius 3 is 1.57 bits per heavy atom. The topological polar surface area (TPSA) is 155 Å². The fourth-order valence-electron chi connectivity index (χ4n) is 5.17. The summed E-state index contributed by atoms with van der Waals surface area (Å²) >= 11 is 0. The number of hydrogen-bond acceptors (Lipinski definition) is 9. The van der Waals surface area contributed by atoms with Crippen LogP contribution in [0, 0.1) is 13.8 Å². The molecule has 0 saturated carbocycles. The van der Waals surface area contributed by atoms with Crippen LogP contribution >= 0.6 is 0 Å². The summed E-state index contributed by atoms with van der Waals surface area (Å²) in [5, 5.41) is 19.8. The highest BCUT2D eigenvalue weighted by Crippen LogP contribution is 2.44. The molecular weight excluding hydrogens is 632 g/mol. The smallest absolute Gasteiger partial charge is 0.335 e. The van der Waals surface area contributed by atoms with Gasteiger partial charge in [0.15, 0.2) is 0 Å². The first kappa shape index (κ1) is 37.9. The summed E-state index contributed by atoms with van der Waals surface area (Å²) in [6, 6.07) is 11.6.